The Labute approximate surface area is 589 Å². The fourth-order valence-corrected chi connectivity index (χ4v) is 17.0. The van der Waals surface area contributed by atoms with Gasteiger partial charge < -0.3 is 24.9 Å². The molecule has 19 heteroatoms. The molecule has 492 valence electrons. The molecule has 0 amide bonds. The third-order valence-electron chi connectivity index (χ3n) is 17.9. The average molecular weight is 1380 g/mol. The molecule has 0 bridgehead atoms. The number of aromatic nitrogens is 3. The minimum Gasteiger partial charge on any atom is -0.354 e. The predicted octanol–water partition coefficient (Wildman–Crippen LogP) is 21.4. The highest BCUT2D eigenvalue weighted by Gasteiger charge is 2.33. The van der Waals surface area contributed by atoms with Crippen molar-refractivity contribution in [2.45, 2.75) is 66.4 Å². The van der Waals surface area contributed by atoms with Crippen molar-refractivity contribution in [3.8, 4) is 11.1 Å². The van der Waals surface area contributed by atoms with E-state index in [4.69, 9.17) is 5.10 Å². The van der Waals surface area contributed by atoms with E-state index < -0.39 is 16.7 Å². The molecular formula is C80H65F3N10O2S4. The van der Waals surface area contributed by atoms with E-state index >= 15 is 0 Å². The van der Waals surface area contributed by atoms with Crippen molar-refractivity contribution < 1.29 is 18.1 Å². The van der Waals surface area contributed by atoms with Crippen molar-refractivity contribution in [2.75, 3.05) is 58.5 Å². The fourth-order valence-electron chi connectivity index (χ4n) is 13.0. The van der Waals surface area contributed by atoms with Gasteiger partial charge in [0.1, 0.15) is 0 Å². The topological polar surface area (TPSA) is 111 Å². The Balaban J connectivity index is 0.000000111. The highest BCUT2D eigenvalue weighted by Crippen LogP contribution is 2.51. The lowest BCUT2D eigenvalue weighted by atomic mass is 9.95. The molecule has 0 atom stereocenters. The molecule has 1 aromatic heterocycles. The van der Waals surface area contributed by atoms with Gasteiger partial charge in [-0.3, -0.25) is 10.1 Å². The first-order chi connectivity index (χ1) is 48.5. The van der Waals surface area contributed by atoms with Gasteiger partial charge in [0.15, 0.2) is 5.82 Å². The number of para-hydroxylation sites is 7. The number of benzene rings is 11. The van der Waals surface area contributed by atoms with Crippen molar-refractivity contribution >= 4 is 110 Å². The molecule has 99 heavy (non-hydrogen) atoms. The van der Waals surface area contributed by atoms with Crippen LogP contribution in [0.3, 0.4) is 0 Å². The summed E-state index contributed by atoms with van der Waals surface area (Å²) in [6.07, 6.45) is 0.0767. The van der Waals surface area contributed by atoms with E-state index in [0.717, 1.165) is 75.9 Å². The van der Waals surface area contributed by atoms with Gasteiger partial charge in [-0.15, -0.1) is 10.2 Å². The van der Waals surface area contributed by atoms with Gasteiger partial charge in [-0.2, -0.15) is 22.9 Å². The van der Waals surface area contributed by atoms with Gasteiger partial charge in [0.2, 0.25) is 5.16 Å². The molecule has 1 saturated heterocycles. The number of alkyl halides is 3. The fraction of sp³-hybridized carbons (Fsp3) is 0.138. The molecule has 7 heterocycles. The Morgan fingerprint density at radius 2 is 0.960 bits per heavy atom. The number of anilines is 9. The molecule has 0 aliphatic carbocycles. The van der Waals surface area contributed by atoms with E-state index in [1.165, 1.54) is 138 Å². The lowest BCUT2D eigenvalue weighted by Crippen LogP contribution is -2.32. The lowest BCUT2D eigenvalue weighted by Gasteiger charge is -2.33. The van der Waals surface area contributed by atoms with Crippen LogP contribution in [-0.2, 0) is 19.0 Å². The monoisotopic (exact) mass is 1380 g/mol. The zero-order chi connectivity index (χ0) is 67.2. The van der Waals surface area contributed by atoms with Crippen LogP contribution in [0.25, 0.3) is 11.1 Å². The van der Waals surface area contributed by atoms with Crippen LogP contribution in [-0.4, -0.2) is 68.9 Å². The zero-order valence-corrected chi connectivity index (χ0v) is 56.8. The summed E-state index contributed by atoms with van der Waals surface area (Å²) in [4.78, 5) is 27.4. The van der Waals surface area contributed by atoms with Crippen molar-refractivity contribution in [1.29, 1.82) is 0 Å². The Hall–Kier alpha value is -10.0. The average Bonchev–Trinajstić information content (AvgIpc) is 1.22. The summed E-state index contributed by atoms with van der Waals surface area (Å²) < 4.78 is 39.7. The summed E-state index contributed by atoms with van der Waals surface area (Å²) in [5, 5.41) is 28.3. The van der Waals surface area contributed by atoms with Crippen molar-refractivity contribution in [3.63, 3.8) is 0 Å². The molecule has 0 radical (unpaired) electrons. The number of thioether (sulfide) groups is 1. The SMILES string of the molecule is FC(F)(F)c1ccc2c(c1)Nc1ccccc1S2.O=[N+]([O-])c1ccc(C2=Nn3c(CCN4c5ccccc5Sc5ccccc54)nnc3SC2)cc1.c1ccc(-c2ccc(N3c4ccccc4Cc4ccccc43)cc2)cc1.c1ccc2c(c1)Sc1ccccc1N2CCN1CCCC1. The Bertz CT molecular complexity index is 4800. The van der Waals surface area contributed by atoms with Gasteiger partial charge in [-0.05, 0) is 169 Å². The van der Waals surface area contributed by atoms with E-state index in [9.17, 15) is 23.3 Å². The molecular weight excluding hydrogens is 1320 g/mol. The quantitative estimate of drug-likeness (QED) is 0.104. The number of fused-ring (bicyclic) bond motifs is 9. The van der Waals surface area contributed by atoms with Crippen LogP contribution in [0, 0.1) is 10.1 Å². The number of nitro groups is 1. The van der Waals surface area contributed by atoms with Crippen molar-refractivity contribution in [3.05, 3.63) is 305 Å². The van der Waals surface area contributed by atoms with Crippen LogP contribution in [0.2, 0.25) is 0 Å². The van der Waals surface area contributed by atoms with E-state index in [-0.39, 0.29) is 5.69 Å². The van der Waals surface area contributed by atoms with Crippen LogP contribution in [0.15, 0.2) is 307 Å². The van der Waals surface area contributed by atoms with Crippen LogP contribution in [0.1, 0.15) is 40.9 Å². The number of hydrogen-bond acceptors (Lipinski definition) is 14. The first kappa shape index (κ1) is 64.9. The molecule has 0 unspecified atom stereocenters. The summed E-state index contributed by atoms with van der Waals surface area (Å²) in [6, 6.07) is 89.0. The summed E-state index contributed by atoms with van der Waals surface area (Å²) in [5.74, 6) is 1.43. The van der Waals surface area contributed by atoms with Gasteiger partial charge in [0, 0.05) is 96.8 Å². The number of nitrogens with one attached hydrogen (secondary N) is 1. The minimum atomic E-state index is -4.31. The number of hydrogen-bond donors (Lipinski definition) is 1. The van der Waals surface area contributed by atoms with Gasteiger partial charge in [0.05, 0.1) is 50.3 Å². The molecule has 18 rings (SSSR count). The zero-order valence-electron chi connectivity index (χ0n) is 53.6. The molecule has 12 aromatic rings. The van der Waals surface area contributed by atoms with E-state index in [1.807, 2.05) is 36.0 Å². The molecule has 0 spiro atoms. The third kappa shape index (κ3) is 14.3. The molecule has 11 aromatic carbocycles. The maximum absolute atomic E-state index is 12.6. The number of non-ortho nitro benzene ring substituents is 1. The summed E-state index contributed by atoms with van der Waals surface area (Å²) in [7, 11) is 0. The summed E-state index contributed by atoms with van der Waals surface area (Å²) >= 11 is 6.72. The number of likely N-dealkylation sites (tertiary alicyclic amines) is 1. The molecule has 6 aliphatic rings. The minimum absolute atomic E-state index is 0.0683. The van der Waals surface area contributed by atoms with E-state index in [2.05, 4.69) is 235 Å². The van der Waals surface area contributed by atoms with Crippen molar-refractivity contribution in [2.24, 2.45) is 5.10 Å². The second kappa shape index (κ2) is 29.2. The van der Waals surface area contributed by atoms with Gasteiger partial charge in [0.25, 0.3) is 5.69 Å². The molecule has 1 fully saturated rings. The second-order valence-corrected chi connectivity index (χ2v) is 28.3. The van der Waals surface area contributed by atoms with Crippen LogP contribution < -0.4 is 20.0 Å². The first-order valence-corrected chi connectivity index (χ1v) is 36.2. The summed E-state index contributed by atoms with van der Waals surface area (Å²) in [6.45, 7) is 5.51. The number of halogens is 3. The molecule has 0 saturated carbocycles. The second-order valence-electron chi connectivity index (χ2n) is 24.1. The molecule has 12 nitrogen and oxygen atoms in total. The van der Waals surface area contributed by atoms with Crippen molar-refractivity contribution in [1.82, 2.24) is 19.8 Å². The third-order valence-corrected chi connectivity index (χ3v) is 22.2. The number of nitro benzene ring substituents is 1. The highest BCUT2D eigenvalue weighted by atomic mass is 32.2. The largest absolute Gasteiger partial charge is 0.416 e. The summed E-state index contributed by atoms with van der Waals surface area (Å²) in [5.41, 5.74) is 16.6. The van der Waals surface area contributed by atoms with Gasteiger partial charge in [-0.25, -0.2) is 0 Å². The Morgan fingerprint density at radius 1 is 0.475 bits per heavy atom. The van der Waals surface area contributed by atoms with Crippen LogP contribution in [0.5, 0.6) is 0 Å². The van der Waals surface area contributed by atoms with Crippen LogP contribution in [0.4, 0.5) is 70.0 Å². The van der Waals surface area contributed by atoms with E-state index in [1.54, 1.807) is 40.3 Å². The Kier molecular flexibility index (Phi) is 19.2. The maximum atomic E-state index is 12.6. The van der Waals surface area contributed by atoms with Gasteiger partial charge >= 0.3 is 6.18 Å². The van der Waals surface area contributed by atoms with Crippen LogP contribution >= 0.6 is 47.0 Å². The molecule has 6 aliphatic heterocycles. The standard InChI is InChI=1S/C25H19N.C24H18N6O2S2.C18H20N2S.C13H8F3NS/c1-2-8-19(9-3-1)20-14-16-23(17-15-20)26-24-12-6-4-10-21(24)18-22-11-5-7-13-25(22)26;31-30(32)17-11-9-16(10-12-17)18-15-33-24-26-25-23(29(24)27-18)13-14-28-19-5-1-3-7-21(19)34-22-8-4-2-6-20(22)28;1-3-9-17-15(7-1)20(14-13-19-11-5-6-12-19)16-8-2-4-10-18(16)21-17;14-13(15,16)8-5-6-12-10(7-8)17-9-3-1-2-4-11(9)18-12/h1-17H,18H2;1-12H,13-15H2;1-4,7-10H,5-6,11-14H2;1-7,17H. The lowest BCUT2D eigenvalue weighted by molar-refractivity contribution is -0.384. The Morgan fingerprint density at radius 3 is 1.54 bits per heavy atom. The smallest absolute Gasteiger partial charge is 0.354 e. The van der Waals surface area contributed by atoms with E-state index in [0.29, 0.717) is 17.9 Å². The molecule has 1 N–H and O–H groups in total. The maximum Gasteiger partial charge on any atom is 0.416 e. The number of rotatable bonds is 10. The predicted molar refractivity (Wildman–Crippen MR) is 398 cm³/mol. The highest BCUT2D eigenvalue weighted by molar-refractivity contribution is 8.00. The first-order valence-electron chi connectivity index (χ1n) is 32.8. The number of nitrogens with zero attached hydrogens (tertiary/aromatic N) is 9. The van der Waals surface area contributed by atoms with Gasteiger partial charge in [-0.1, -0.05) is 187 Å². The normalized spacial score (nSPS) is 14.3.